The fourth-order valence-electron chi connectivity index (χ4n) is 3.49. The second-order valence-electron chi connectivity index (χ2n) is 6.32. The molecule has 0 saturated carbocycles. The standard InChI is InChI=1S/C16H21BrN6/c17-13-1-2-14(19-9-13)11-22-6-3-12(4-7-22)16-21-20-15-10-18-5-8-23(15)16/h1-2,9,12,18H,3-8,10-11H2. The molecule has 0 spiro atoms. The Balaban J connectivity index is 1.37. The maximum Gasteiger partial charge on any atom is 0.147 e. The van der Waals surface area contributed by atoms with E-state index < -0.39 is 0 Å². The second kappa shape index (κ2) is 6.67. The number of fused-ring (bicyclic) bond motifs is 1. The van der Waals surface area contributed by atoms with Gasteiger partial charge in [-0.15, -0.1) is 10.2 Å². The van der Waals surface area contributed by atoms with Crippen LogP contribution < -0.4 is 5.32 Å². The predicted molar refractivity (Wildman–Crippen MR) is 90.9 cm³/mol. The summed E-state index contributed by atoms with van der Waals surface area (Å²) in [7, 11) is 0. The molecule has 0 amide bonds. The molecule has 0 aromatic carbocycles. The Hall–Kier alpha value is -1.31. The van der Waals surface area contributed by atoms with Crippen LogP contribution in [0.25, 0.3) is 0 Å². The van der Waals surface area contributed by atoms with Crippen LogP contribution in [0.5, 0.6) is 0 Å². The van der Waals surface area contributed by atoms with Crippen molar-refractivity contribution in [3.8, 4) is 0 Å². The number of nitrogens with one attached hydrogen (secondary N) is 1. The third-order valence-corrected chi connectivity index (χ3v) is 5.25. The van der Waals surface area contributed by atoms with Crippen LogP contribution in [0.15, 0.2) is 22.8 Å². The van der Waals surface area contributed by atoms with Crippen LogP contribution in [0.4, 0.5) is 0 Å². The number of hydrogen-bond acceptors (Lipinski definition) is 5. The molecule has 2 aliphatic heterocycles. The molecule has 23 heavy (non-hydrogen) atoms. The van der Waals surface area contributed by atoms with Gasteiger partial charge in [-0.2, -0.15) is 0 Å². The molecule has 6 nitrogen and oxygen atoms in total. The Morgan fingerprint density at radius 3 is 2.83 bits per heavy atom. The van der Waals surface area contributed by atoms with E-state index in [1.54, 1.807) is 0 Å². The number of piperidine rings is 1. The SMILES string of the molecule is Brc1ccc(CN2CCC(c3nnc4n3CCNC4)CC2)nc1. The average molecular weight is 377 g/mol. The summed E-state index contributed by atoms with van der Waals surface area (Å²) in [5.74, 6) is 2.83. The fraction of sp³-hybridized carbons (Fsp3) is 0.562. The lowest BCUT2D eigenvalue weighted by Crippen LogP contribution is -2.35. The second-order valence-corrected chi connectivity index (χ2v) is 7.24. The fourth-order valence-corrected chi connectivity index (χ4v) is 3.73. The summed E-state index contributed by atoms with van der Waals surface area (Å²) in [5, 5.41) is 12.2. The number of pyridine rings is 1. The van der Waals surface area contributed by atoms with Crippen molar-refractivity contribution < 1.29 is 0 Å². The topological polar surface area (TPSA) is 58.9 Å². The van der Waals surface area contributed by atoms with Gasteiger partial charge in [0.05, 0.1) is 12.2 Å². The van der Waals surface area contributed by atoms with Crippen molar-refractivity contribution in [3.63, 3.8) is 0 Å². The minimum absolute atomic E-state index is 0.545. The van der Waals surface area contributed by atoms with Gasteiger partial charge in [0.25, 0.3) is 0 Å². The van der Waals surface area contributed by atoms with E-state index in [0.29, 0.717) is 5.92 Å². The summed E-state index contributed by atoms with van der Waals surface area (Å²) in [5.41, 5.74) is 1.14. The quantitative estimate of drug-likeness (QED) is 0.886. The molecule has 2 aromatic heterocycles. The molecular formula is C16H21BrN6. The van der Waals surface area contributed by atoms with Crippen molar-refractivity contribution in [2.24, 2.45) is 0 Å². The van der Waals surface area contributed by atoms with Gasteiger partial charge < -0.3 is 9.88 Å². The van der Waals surface area contributed by atoms with Gasteiger partial charge in [-0.25, -0.2) is 0 Å². The van der Waals surface area contributed by atoms with Gasteiger partial charge in [-0.1, -0.05) is 0 Å². The first-order valence-corrected chi connectivity index (χ1v) is 9.04. The van der Waals surface area contributed by atoms with E-state index in [9.17, 15) is 0 Å². The van der Waals surface area contributed by atoms with E-state index >= 15 is 0 Å². The zero-order valence-electron chi connectivity index (χ0n) is 13.1. The van der Waals surface area contributed by atoms with Crippen molar-refractivity contribution in [2.45, 2.75) is 38.4 Å². The van der Waals surface area contributed by atoms with Crippen molar-refractivity contribution in [1.82, 2.24) is 30.0 Å². The third-order valence-electron chi connectivity index (χ3n) is 4.78. The average Bonchev–Trinajstić information content (AvgIpc) is 3.02. The van der Waals surface area contributed by atoms with Crippen LogP contribution in [0.3, 0.4) is 0 Å². The molecule has 0 aliphatic carbocycles. The minimum Gasteiger partial charge on any atom is -0.312 e. The normalized spacial score (nSPS) is 19.7. The molecule has 1 saturated heterocycles. The molecule has 2 aliphatic rings. The minimum atomic E-state index is 0.545. The van der Waals surface area contributed by atoms with Crippen LogP contribution in [0.1, 0.15) is 36.1 Å². The summed E-state index contributed by atoms with van der Waals surface area (Å²) >= 11 is 3.43. The highest BCUT2D eigenvalue weighted by Gasteiger charge is 2.27. The molecule has 122 valence electrons. The zero-order valence-corrected chi connectivity index (χ0v) is 14.7. The maximum absolute atomic E-state index is 4.48. The Morgan fingerprint density at radius 1 is 1.17 bits per heavy atom. The summed E-state index contributed by atoms with van der Waals surface area (Å²) in [6.45, 7) is 6.00. The van der Waals surface area contributed by atoms with Gasteiger partial charge in [0.15, 0.2) is 0 Å². The largest absolute Gasteiger partial charge is 0.312 e. The van der Waals surface area contributed by atoms with E-state index in [0.717, 1.165) is 68.1 Å². The van der Waals surface area contributed by atoms with Gasteiger partial charge in [-0.05, 0) is 54.0 Å². The van der Waals surface area contributed by atoms with E-state index in [-0.39, 0.29) is 0 Å². The lowest BCUT2D eigenvalue weighted by molar-refractivity contribution is 0.197. The molecule has 1 fully saturated rings. The van der Waals surface area contributed by atoms with Crippen molar-refractivity contribution in [2.75, 3.05) is 19.6 Å². The van der Waals surface area contributed by atoms with Crippen molar-refractivity contribution in [1.29, 1.82) is 0 Å². The van der Waals surface area contributed by atoms with E-state index in [1.165, 1.54) is 5.82 Å². The number of nitrogens with zero attached hydrogens (tertiary/aromatic N) is 5. The summed E-state index contributed by atoms with van der Waals surface area (Å²) in [4.78, 5) is 6.96. The third kappa shape index (κ3) is 3.32. The molecule has 7 heteroatoms. The van der Waals surface area contributed by atoms with E-state index in [4.69, 9.17) is 0 Å². The first-order chi connectivity index (χ1) is 11.3. The molecule has 0 radical (unpaired) electrons. The highest BCUT2D eigenvalue weighted by molar-refractivity contribution is 9.10. The van der Waals surface area contributed by atoms with E-state index in [1.807, 2.05) is 6.20 Å². The van der Waals surface area contributed by atoms with Gasteiger partial charge >= 0.3 is 0 Å². The van der Waals surface area contributed by atoms with Gasteiger partial charge in [-0.3, -0.25) is 9.88 Å². The van der Waals surface area contributed by atoms with Crippen LogP contribution >= 0.6 is 15.9 Å². The van der Waals surface area contributed by atoms with Crippen molar-refractivity contribution >= 4 is 15.9 Å². The number of rotatable bonds is 3. The predicted octanol–water partition coefficient (Wildman–Crippen LogP) is 1.92. The molecule has 4 rings (SSSR count). The Kier molecular flexibility index (Phi) is 4.41. The van der Waals surface area contributed by atoms with Crippen molar-refractivity contribution in [3.05, 3.63) is 40.1 Å². The van der Waals surface area contributed by atoms with Crippen LogP contribution in [-0.4, -0.2) is 44.3 Å². The highest BCUT2D eigenvalue weighted by Crippen LogP contribution is 2.28. The number of aromatic nitrogens is 4. The smallest absolute Gasteiger partial charge is 0.147 e. The summed E-state index contributed by atoms with van der Waals surface area (Å²) < 4.78 is 3.36. The molecule has 0 bridgehead atoms. The number of halogens is 1. The lowest BCUT2D eigenvalue weighted by Gasteiger charge is -2.31. The Bertz CT molecular complexity index is 660. The van der Waals surface area contributed by atoms with Crippen LogP contribution in [0.2, 0.25) is 0 Å². The van der Waals surface area contributed by atoms with Gasteiger partial charge in [0.2, 0.25) is 0 Å². The Labute approximate surface area is 144 Å². The molecular weight excluding hydrogens is 356 g/mol. The van der Waals surface area contributed by atoms with Crippen LogP contribution in [0, 0.1) is 0 Å². The summed E-state index contributed by atoms with van der Waals surface area (Å²) in [6, 6.07) is 4.16. The monoisotopic (exact) mass is 376 g/mol. The first-order valence-electron chi connectivity index (χ1n) is 8.25. The first kappa shape index (κ1) is 15.2. The number of likely N-dealkylation sites (tertiary alicyclic amines) is 1. The van der Waals surface area contributed by atoms with E-state index in [2.05, 4.69) is 58.0 Å². The molecule has 4 heterocycles. The Morgan fingerprint density at radius 2 is 2.04 bits per heavy atom. The maximum atomic E-state index is 4.48. The van der Waals surface area contributed by atoms with Crippen LogP contribution in [-0.2, 0) is 19.6 Å². The zero-order chi connectivity index (χ0) is 15.6. The number of hydrogen-bond donors (Lipinski definition) is 1. The molecule has 1 N–H and O–H groups in total. The van der Waals surface area contributed by atoms with Gasteiger partial charge in [0, 0.05) is 36.2 Å². The molecule has 0 unspecified atom stereocenters. The summed E-state index contributed by atoms with van der Waals surface area (Å²) in [6.07, 6.45) is 4.18. The van der Waals surface area contributed by atoms with Gasteiger partial charge in [0.1, 0.15) is 11.6 Å². The molecule has 0 atom stereocenters. The lowest BCUT2D eigenvalue weighted by atomic mass is 9.95. The highest BCUT2D eigenvalue weighted by atomic mass is 79.9. The molecule has 2 aromatic rings.